The van der Waals surface area contributed by atoms with Crippen LogP contribution in [0.15, 0.2) is 41.0 Å². The zero-order valence-corrected chi connectivity index (χ0v) is 19.3. The third-order valence-corrected chi connectivity index (χ3v) is 5.94. The van der Waals surface area contributed by atoms with E-state index < -0.39 is 11.9 Å². The Labute approximate surface area is 187 Å². The van der Waals surface area contributed by atoms with Crippen molar-refractivity contribution in [2.24, 2.45) is 0 Å². The van der Waals surface area contributed by atoms with Crippen LogP contribution in [0.4, 0.5) is 10.2 Å². The van der Waals surface area contributed by atoms with Crippen molar-refractivity contribution in [3.63, 3.8) is 0 Å². The lowest BCUT2D eigenvalue weighted by Gasteiger charge is -2.22. The summed E-state index contributed by atoms with van der Waals surface area (Å²) in [4.78, 5) is 19.9. The summed E-state index contributed by atoms with van der Waals surface area (Å²) in [6.45, 7) is 4.16. The minimum atomic E-state index is -0.627. The zero-order chi connectivity index (χ0) is 21.8. The Balaban J connectivity index is 1.84. The molecule has 1 aromatic carbocycles. The SMILES string of the molecule is CCc1cc(CN(C)C(=O)c2ccc(F)cc2C(C)Oc2cc(Br)cnc2N)ns1. The number of halogens is 2. The average molecular weight is 493 g/mol. The second-order valence-electron chi connectivity index (χ2n) is 6.83. The van der Waals surface area contributed by atoms with Crippen molar-refractivity contribution in [1.29, 1.82) is 0 Å². The first kappa shape index (κ1) is 22.2. The van der Waals surface area contributed by atoms with Crippen LogP contribution in [0, 0.1) is 5.82 Å². The highest BCUT2D eigenvalue weighted by atomic mass is 79.9. The number of rotatable bonds is 7. The van der Waals surface area contributed by atoms with E-state index >= 15 is 0 Å². The first-order valence-corrected chi connectivity index (χ1v) is 10.9. The molecule has 9 heteroatoms. The van der Waals surface area contributed by atoms with Crippen molar-refractivity contribution in [1.82, 2.24) is 14.3 Å². The van der Waals surface area contributed by atoms with E-state index in [1.54, 1.807) is 31.1 Å². The van der Waals surface area contributed by atoms with Crippen LogP contribution in [0.1, 0.15) is 46.4 Å². The molecule has 0 saturated heterocycles. The highest BCUT2D eigenvalue weighted by molar-refractivity contribution is 9.10. The van der Waals surface area contributed by atoms with E-state index in [4.69, 9.17) is 10.5 Å². The van der Waals surface area contributed by atoms with E-state index in [1.807, 2.05) is 6.07 Å². The largest absolute Gasteiger partial charge is 0.482 e. The van der Waals surface area contributed by atoms with Crippen molar-refractivity contribution in [2.45, 2.75) is 32.9 Å². The summed E-state index contributed by atoms with van der Waals surface area (Å²) in [6, 6.07) is 7.73. The van der Waals surface area contributed by atoms with E-state index in [-0.39, 0.29) is 11.7 Å². The average Bonchev–Trinajstić information content (AvgIpc) is 3.17. The number of ether oxygens (including phenoxy) is 1. The molecule has 6 nitrogen and oxygen atoms in total. The second kappa shape index (κ2) is 9.53. The maximum Gasteiger partial charge on any atom is 0.254 e. The highest BCUT2D eigenvalue weighted by Crippen LogP contribution is 2.30. The van der Waals surface area contributed by atoms with Crippen molar-refractivity contribution in [2.75, 3.05) is 12.8 Å². The first-order chi connectivity index (χ1) is 14.3. The minimum Gasteiger partial charge on any atom is -0.482 e. The lowest BCUT2D eigenvalue weighted by Crippen LogP contribution is -2.28. The van der Waals surface area contributed by atoms with Crippen LogP contribution < -0.4 is 10.5 Å². The summed E-state index contributed by atoms with van der Waals surface area (Å²) in [7, 11) is 1.70. The predicted octanol–water partition coefficient (Wildman–Crippen LogP) is 5.00. The Hall–Kier alpha value is -2.52. The highest BCUT2D eigenvalue weighted by Gasteiger charge is 2.22. The van der Waals surface area contributed by atoms with Crippen LogP contribution in [0.3, 0.4) is 0 Å². The third-order valence-electron chi connectivity index (χ3n) is 4.54. The molecule has 0 saturated carbocycles. The number of hydrogen-bond acceptors (Lipinski definition) is 6. The molecular weight excluding hydrogens is 471 g/mol. The summed E-state index contributed by atoms with van der Waals surface area (Å²) in [5.41, 5.74) is 7.50. The number of pyridine rings is 1. The van der Waals surface area contributed by atoms with E-state index in [2.05, 4.69) is 32.2 Å². The van der Waals surface area contributed by atoms with Crippen LogP contribution in [-0.4, -0.2) is 27.2 Å². The van der Waals surface area contributed by atoms with Gasteiger partial charge in [0.25, 0.3) is 5.91 Å². The number of nitrogen functional groups attached to an aromatic ring is 1. The van der Waals surface area contributed by atoms with Crippen LogP contribution in [0.2, 0.25) is 0 Å². The van der Waals surface area contributed by atoms with Gasteiger partial charge in [-0.25, -0.2) is 9.37 Å². The van der Waals surface area contributed by atoms with Gasteiger partial charge in [-0.05, 0) is 71.1 Å². The van der Waals surface area contributed by atoms with Gasteiger partial charge in [0, 0.05) is 33.7 Å². The summed E-state index contributed by atoms with van der Waals surface area (Å²) < 4.78 is 25.0. The Morgan fingerprint density at radius 3 is 2.83 bits per heavy atom. The number of carbonyl (C=O) groups excluding carboxylic acids is 1. The molecule has 2 aromatic heterocycles. The van der Waals surface area contributed by atoms with Gasteiger partial charge in [0.05, 0.1) is 12.2 Å². The first-order valence-electron chi connectivity index (χ1n) is 9.35. The molecule has 158 valence electrons. The lowest BCUT2D eigenvalue weighted by molar-refractivity contribution is 0.0778. The molecule has 0 radical (unpaired) electrons. The smallest absolute Gasteiger partial charge is 0.254 e. The Kier molecular flexibility index (Phi) is 7.04. The van der Waals surface area contributed by atoms with Gasteiger partial charge in [-0.1, -0.05) is 6.92 Å². The normalized spacial score (nSPS) is 11.9. The molecule has 1 unspecified atom stereocenters. The van der Waals surface area contributed by atoms with Crippen LogP contribution in [0.5, 0.6) is 5.75 Å². The molecule has 1 amide bonds. The number of aryl methyl sites for hydroxylation is 1. The lowest BCUT2D eigenvalue weighted by atomic mass is 10.0. The van der Waals surface area contributed by atoms with Crippen molar-refractivity contribution in [3.05, 3.63) is 68.5 Å². The number of nitrogens with zero attached hydrogens (tertiary/aromatic N) is 3. The predicted molar refractivity (Wildman–Crippen MR) is 119 cm³/mol. The monoisotopic (exact) mass is 492 g/mol. The van der Waals surface area contributed by atoms with E-state index in [9.17, 15) is 9.18 Å². The van der Waals surface area contributed by atoms with Gasteiger partial charge in [-0.3, -0.25) is 4.79 Å². The summed E-state index contributed by atoms with van der Waals surface area (Å²) in [5, 5.41) is 0. The van der Waals surface area contributed by atoms with Gasteiger partial charge < -0.3 is 15.4 Å². The van der Waals surface area contributed by atoms with Gasteiger partial charge >= 0.3 is 0 Å². The Morgan fingerprint density at radius 1 is 1.37 bits per heavy atom. The fraction of sp³-hybridized carbons (Fsp3) is 0.286. The summed E-state index contributed by atoms with van der Waals surface area (Å²) >= 11 is 4.76. The van der Waals surface area contributed by atoms with Gasteiger partial charge in [0.2, 0.25) is 0 Å². The minimum absolute atomic E-state index is 0.210. The molecule has 2 N–H and O–H groups in total. The molecule has 1 atom stereocenters. The quantitative estimate of drug-likeness (QED) is 0.501. The molecular formula is C21H22BrFN4O2S. The molecule has 3 aromatic rings. The number of carbonyl (C=O) groups is 1. The van der Waals surface area contributed by atoms with Gasteiger partial charge in [-0.2, -0.15) is 4.37 Å². The molecule has 0 aliphatic rings. The standard InChI is InChI=1S/C21H22BrFN4O2S/c1-4-16-9-15(26-30-16)11-27(3)21(28)17-6-5-14(23)8-18(17)12(2)29-19-7-13(22)10-25-20(19)24/h5-10,12H,4,11H2,1-3H3,(H2,24,25). The number of hydrogen-bond donors (Lipinski definition) is 1. The van der Waals surface area contributed by atoms with Gasteiger partial charge in [-0.15, -0.1) is 0 Å². The summed E-state index contributed by atoms with van der Waals surface area (Å²) in [5.74, 6) is -0.136. The van der Waals surface area contributed by atoms with Gasteiger partial charge in [0.1, 0.15) is 11.9 Å². The Bertz CT molecular complexity index is 1060. The maximum absolute atomic E-state index is 14.0. The maximum atomic E-state index is 14.0. The zero-order valence-electron chi connectivity index (χ0n) is 16.9. The van der Waals surface area contributed by atoms with Gasteiger partial charge in [0.15, 0.2) is 11.6 Å². The van der Waals surface area contributed by atoms with Crippen molar-refractivity contribution < 1.29 is 13.9 Å². The van der Waals surface area contributed by atoms with Crippen LogP contribution in [-0.2, 0) is 13.0 Å². The molecule has 0 fully saturated rings. The van der Waals surface area contributed by atoms with Crippen LogP contribution >= 0.6 is 27.5 Å². The fourth-order valence-corrected chi connectivity index (χ4v) is 3.93. The van der Waals surface area contributed by atoms with E-state index in [0.29, 0.717) is 27.9 Å². The number of aromatic nitrogens is 2. The van der Waals surface area contributed by atoms with Crippen LogP contribution in [0.25, 0.3) is 0 Å². The van der Waals surface area contributed by atoms with E-state index in [0.717, 1.165) is 17.0 Å². The number of anilines is 1. The van der Waals surface area contributed by atoms with Crippen molar-refractivity contribution in [3.8, 4) is 5.75 Å². The molecule has 0 bridgehead atoms. The topological polar surface area (TPSA) is 81.3 Å². The fourth-order valence-electron chi connectivity index (χ4n) is 2.96. The number of benzene rings is 1. The van der Waals surface area contributed by atoms with E-state index in [1.165, 1.54) is 29.7 Å². The third kappa shape index (κ3) is 5.14. The molecule has 3 rings (SSSR count). The molecule has 30 heavy (non-hydrogen) atoms. The summed E-state index contributed by atoms with van der Waals surface area (Å²) in [6.07, 6.45) is 1.83. The number of nitrogens with two attached hydrogens (primary N) is 1. The molecule has 0 aliphatic carbocycles. The second-order valence-corrected chi connectivity index (χ2v) is 8.63. The molecule has 2 heterocycles. The number of amides is 1. The molecule has 0 aliphatic heterocycles. The Morgan fingerprint density at radius 2 is 2.13 bits per heavy atom. The molecule has 0 spiro atoms. The van der Waals surface area contributed by atoms with Crippen molar-refractivity contribution >= 4 is 39.2 Å².